The van der Waals surface area contributed by atoms with E-state index in [1.165, 1.54) is 6.07 Å². The van der Waals surface area contributed by atoms with Crippen LogP contribution in [-0.2, 0) is 6.54 Å². The summed E-state index contributed by atoms with van der Waals surface area (Å²) in [6.45, 7) is 4.48. The molecule has 0 aliphatic carbocycles. The lowest BCUT2D eigenvalue weighted by molar-refractivity contribution is 0.0727. The van der Waals surface area contributed by atoms with Gasteiger partial charge in [-0.1, -0.05) is 17.7 Å². The number of nitrogens with two attached hydrogens (primary N) is 1. The van der Waals surface area contributed by atoms with Crippen molar-refractivity contribution in [3.63, 3.8) is 0 Å². The molecule has 0 fully saturated rings. The van der Waals surface area contributed by atoms with Gasteiger partial charge in [0.1, 0.15) is 11.6 Å². The number of aromatic nitrogens is 2. The van der Waals surface area contributed by atoms with Crippen LogP contribution in [0.5, 0.6) is 5.75 Å². The van der Waals surface area contributed by atoms with Gasteiger partial charge in [-0.15, -0.1) is 0 Å². The highest BCUT2D eigenvalue weighted by molar-refractivity contribution is 5.89. The molecule has 94 valence electrons. The lowest BCUT2D eigenvalue weighted by atomic mass is 10.2. The second-order valence-corrected chi connectivity index (χ2v) is 3.97. The first kappa shape index (κ1) is 12.2. The summed E-state index contributed by atoms with van der Waals surface area (Å²) >= 11 is 0. The lowest BCUT2D eigenvalue weighted by Crippen LogP contribution is -2.10. The Bertz CT molecular complexity index is 558. The van der Waals surface area contributed by atoms with Crippen molar-refractivity contribution in [2.75, 3.05) is 5.73 Å². The van der Waals surface area contributed by atoms with Crippen LogP contribution in [0.25, 0.3) is 0 Å². The van der Waals surface area contributed by atoms with E-state index < -0.39 is 5.97 Å². The Morgan fingerprint density at radius 1 is 1.39 bits per heavy atom. The Balaban J connectivity index is 2.14. The second kappa shape index (κ2) is 4.91. The zero-order valence-electron chi connectivity index (χ0n) is 10.4. The van der Waals surface area contributed by atoms with Crippen molar-refractivity contribution < 1.29 is 9.53 Å². The molecule has 2 N–H and O–H groups in total. The maximum absolute atomic E-state index is 11.8. The molecule has 0 atom stereocenters. The molecule has 0 bridgehead atoms. The van der Waals surface area contributed by atoms with E-state index in [4.69, 9.17) is 10.5 Å². The van der Waals surface area contributed by atoms with E-state index in [9.17, 15) is 4.79 Å². The Kier molecular flexibility index (Phi) is 3.32. The number of benzene rings is 1. The van der Waals surface area contributed by atoms with Crippen molar-refractivity contribution in [3.8, 4) is 5.75 Å². The fraction of sp³-hybridized carbons (Fsp3) is 0.231. The predicted octanol–water partition coefficient (Wildman–Crippen LogP) is 2.01. The average Bonchev–Trinajstić information content (AvgIpc) is 2.73. The minimum absolute atomic E-state index is 0.218. The van der Waals surface area contributed by atoms with Crippen LogP contribution >= 0.6 is 0 Å². The SMILES string of the molecule is CCn1nc(C(=O)Oc2ccc(C)cc2)cc1N. The molecule has 5 nitrogen and oxygen atoms in total. The summed E-state index contributed by atoms with van der Waals surface area (Å²) in [4.78, 5) is 11.8. The number of nitrogen functional groups attached to an aromatic ring is 1. The number of esters is 1. The van der Waals surface area contributed by atoms with E-state index in [-0.39, 0.29) is 5.69 Å². The highest BCUT2D eigenvalue weighted by Crippen LogP contribution is 2.14. The molecule has 1 aromatic heterocycles. The monoisotopic (exact) mass is 245 g/mol. The summed E-state index contributed by atoms with van der Waals surface area (Å²) in [5.74, 6) is 0.446. The minimum atomic E-state index is -0.502. The van der Waals surface area contributed by atoms with Crippen molar-refractivity contribution in [2.45, 2.75) is 20.4 Å². The molecule has 0 aliphatic rings. The zero-order chi connectivity index (χ0) is 13.1. The van der Waals surface area contributed by atoms with Gasteiger partial charge in [-0.3, -0.25) is 0 Å². The Hall–Kier alpha value is -2.30. The van der Waals surface area contributed by atoms with Crippen LogP contribution < -0.4 is 10.5 Å². The van der Waals surface area contributed by atoms with E-state index in [0.717, 1.165) is 5.56 Å². The van der Waals surface area contributed by atoms with E-state index in [0.29, 0.717) is 18.1 Å². The summed E-state index contributed by atoms with van der Waals surface area (Å²) < 4.78 is 6.75. The topological polar surface area (TPSA) is 70.1 Å². The third kappa shape index (κ3) is 2.51. The van der Waals surface area contributed by atoms with Gasteiger partial charge in [0.05, 0.1) is 0 Å². The second-order valence-electron chi connectivity index (χ2n) is 3.97. The number of hydrogen-bond donors (Lipinski definition) is 1. The molecule has 0 amide bonds. The molecule has 2 aromatic rings. The van der Waals surface area contributed by atoms with E-state index in [1.807, 2.05) is 26.0 Å². The molecular formula is C13H15N3O2. The highest BCUT2D eigenvalue weighted by Gasteiger charge is 2.14. The minimum Gasteiger partial charge on any atom is -0.422 e. The summed E-state index contributed by atoms with van der Waals surface area (Å²) in [5.41, 5.74) is 7.02. The number of nitrogens with zero attached hydrogens (tertiary/aromatic N) is 2. The van der Waals surface area contributed by atoms with Crippen molar-refractivity contribution >= 4 is 11.8 Å². The molecule has 0 spiro atoms. The van der Waals surface area contributed by atoms with Crippen LogP contribution in [0.4, 0.5) is 5.82 Å². The molecule has 0 saturated carbocycles. The zero-order valence-corrected chi connectivity index (χ0v) is 10.4. The molecule has 0 saturated heterocycles. The average molecular weight is 245 g/mol. The van der Waals surface area contributed by atoms with Gasteiger partial charge in [0.2, 0.25) is 0 Å². The number of ether oxygens (including phenoxy) is 1. The Morgan fingerprint density at radius 2 is 2.06 bits per heavy atom. The van der Waals surface area contributed by atoms with Crippen molar-refractivity contribution in [3.05, 3.63) is 41.6 Å². The number of carbonyl (C=O) groups excluding carboxylic acids is 1. The summed E-state index contributed by atoms with van der Waals surface area (Å²) in [5, 5.41) is 4.06. The fourth-order valence-corrected chi connectivity index (χ4v) is 1.55. The van der Waals surface area contributed by atoms with Gasteiger partial charge >= 0.3 is 5.97 Å². The maximum Gasteiger partial charge on any atom is 0.364 e. The van der Waals surface area contributed by atoms with E-state index in [1.54, 1.807) is 16.8 Å². The third-order valence-corrected chi connectivity index (χ3v) is 2.55. The lowest BCUT2D eigenvalue weighted by Gasteiger charge is -2.02. The van der Waals surface area contributed by atoms with E-state index >= 15 is 0 Å². The molecule has 2 rings (SSSR count). The summed E-state index contributed by atoms with van der Waals surface area (Å²) in [6, 6.07) is 8.75. The molecule has 0 radical (unpaired) electrons. The Labute approximate surface area is 105 Å². The van der Waals surface area contributed by atoms with Crippen molar-refractivity contribution in [2.24, 2.45) is 0 Å². The van der Waals surface area contributed by atoms with Gasteiger partial charge in [0.25, 0.3) is 0 Å². The first-order valence-electron chi connectivity index (χ1n) is 5.72. The van der Waals surface area contributed by atoms with Gasteiger partial charge in [-0.05, 0) is 26.0 Å². The van der Waals surface area contributed by atoms with Crippen LogP contribution in [0.2, 0.25) is 0 Å². The molecule has 1 heterocycles. The number of aryl methyl sites for hydroxylation is 2. The highest BCUT2D eigenvalue weighted by atomic mass is 16.5. The van der Waals surface area contributed by atoms with Gasteiger partial charge in [0, 0.05) is 12.6 Å². The summed E-state index contributed by atoms with van der Waals surface area (Å²) in [7, 11) is 0. The van der Waals surface area contributed by atoms with Crippen LogP contribution in [-0.4, -0.2) is 15.7 Å². The van der Waals surface area contributed by atoms with Crippen LogP contribution in [0.3, 0.4) is 0 Å². The Morgan fingerprint density at radius 3 is 2.61 bits per heavy atom. The standard InChI is InChI=1S/C13H15N3O2/c1-3-16-12(14)8-11(15-16)13(17)18-10-6-4-9(2)5-7-10/h4-8H,3,14H2,1-2H3. The predicted molar refractivity (Wildman–Crippen MR) is 68.5 cm³/mol. The number of hydrogen-bond acceptors (Lipinski definition) is 4. The normalized spacial score (nSPS) is 10.3. The smallest absolute Gasteiger partial charge is 0.364 e. The fourth-order valence-electron chi connectivity index (χ4n) is 1.55. The first-order chi connectivity index (χ1) is 8.60. The first-order valence-corrected chi connectivity index (χ1v) is 5.72. The molecule has 1 aromatic carbocycles. The van der Waals surface area contributed by atoms with E-state index in [2.05, 4.69) is 5.10 Å². The van der Waals surface area contributed by atoms with Gasteiger partial charge < -0.3 is 10.5 Å². The largest absolute Gasteiger partial charge is 0.422 e. The third-order valence-electron chi connectivity index (χ3n) is 2.55. The van der Waals surface area contributed by atoms with Crippen LogP contribution in [0.15, 0.2) is 30.3 Å². The van der Waals surface area contributed by atoms with Gasteiger partial charge in [0.15, 0.2) is 5.69 Å². The molecule has 0 aliphatic heterocycles. The van der Waals surface area contributed by atoms with Crippen molar-refractivity contribution in [1.29, 1.82) is 0 Å². The molecule has 0 unspecified atom stereocenters. The van der Waals surface area contributed by atoms with Gasteiger partial charge in [-0.2, -0.15) is 5.10 Å². The maximum atomic E-state index is 11.8. The number of anilines is 1. The quantitative estimate of drug-likeness (QED) is 0.663. The van der Waals surface area contributed by atoms with Crippen LogP contribution in [0, 0.1) is 6.92 Å². The molecule has 5 heteroatoms. The summed E-state index contributed by atoms with van der Waals surface area (Å²) in [6.07, 6.45) is 0. The number of rotatable bonds is 3. The van der Waals surface area contributed by atoms with Crippen LogP contribution in [0.1, 0.15) is 23.0 Å². The number of carbonyl (C=O) groups is 1. The van der Waals surface area contributed by atoms with Crippen molar-refractivity contribution in [1.82, 2.24) is 9.78 Å². The molecular weight excluding hydrogens is 230 g/mol. The van der Waals surface area contributed by atoms with Gasteiger partial charge in [-0.25, -0.2) is 9.48 Å². The molecule has 18 heavy (non-hydrogen) atoms.